The lowest BCUT2D eigenvalue weighted by molar-refractivity contribution is -0.139. The summed E-state index contributed by atoms with van der Waals surface area (Å²) in [6, 6.07) is -0.213. The molecule has 0 aromatic heterocycles. The molecule has 0 bridgehead atoms. The summed E-state index contributed by atoms with van der Waals surface area (Å²) in [5, 5.41) is 11.4. The lowest BCUT2D eigenvalue weighted by Gasteiger charge is -2.25. The van der Waals surface area contributed by atoms with E-state index in [4.69, 9.17) is 14.6 Å². The van der Waals surface area contributed by atoms with Gasteiger partial charge in [0.25, 0.3) is 0 Å². The van der Waals surface area contributed by atoms with Crippen molar-refractivity contribution in [1.29, 1.82) is 0 Å². The Balaban J connectivity index is 2.35. The summed E-state index contributed by atoms with van der Waals surface area (Å²) in [4.78, 5) is 24.3. The van der Waals surface area contributed by atoms with E-state index in [1.54, 1.807) is 4.90 Å². The molecule has 2 unspecified atom stereocenters. The second-order valence-electron chi connectivity index (χ2n) is 4.82. The lowest BCUT2D eigenvalue weighted by atomic mass is 10.2. The van der Waals surface area contributed by atoms with Gasteiger partial charge in [-0.3, -0.25) is 4.79 Å². The van der Waals surface area contributed by atoms with Crippen LogP contribution in [0.2, 0.25) is 0 Å². The standard InChI is InChI=1S/C13H24N2O5/c1-3-15(9-10-5-4-6-20-10)13(18)14-8-11(19-2)7-12(16)17/h10-11H,3-9H2,1-2H3,(H,14,18)(H,16,17). The lowest BCUT2D eigenvalue weighted by Crippen LogP contribution is -2.46. The van der Waals surface area contributed by atoms with Gasteiger partial charge in [-0.15, -0.1) is 0 Å². The van der Waals surface area contributed by atoms with E-state index < -0.39 is 12.1 Å². The fourth-order valence-corrected chi connectivity index (χ4v) is 2.14. The minimum absolute atomic E-state index is 0.109. The number of nitrogens with one attached hydrogen (secondary N) is 1. The molecular formula is C13H24N2O5. The van der Waals surface area contributed by atoms with Gasteiger partial charge >= 0.3 is 12.0 Å². The number of carboxylic acids is 1. The number of likely N-dealkylation sites (N-methyl/N-ethyl adjacent to an activating group) is 1. The number of carboxylic acid groups (broad SMARTS) is 1. The van der Waals surface area contributed by atoms with Crippen LogP contribution < -0.4 is 5.32 Å². The average Bonchev–Trinajstić information content (AvgIpc) is 2.92. The summed E-state index contributed by atoms with van der Waals surface area (Å²) in [5.41, 5.74) is 0. The first-order chi connectivity index (χ1) is 9.56. The third kappa shape index (κ3) is 5.75. The number of urea groups is 1. The van der Waals surface area contributed by atoms with Crippen LogP contribution in [0.5, 0.6) is 0 Å². The number of nitrogens with zero attached hydrogens (tertiary/aromatic N) is 1. The van der Waals surface area contributed by atoms with Gasteiger partial charge in [0, 0.05) is 33.4 Å². The largest absolute Gasteiger partial charge is 0.481 e. The van der Waals surface area contributed by atoms with Crippen LogP contribution in [0, 0.1) is 0 Å². The Bertz CT molecular complexity index is 318. The monoisotopic (exact) mass is 288 g/mol. The highest BCUT2D eigenvalue weighted by Crippen LogP contribution is 2.13. The predicted octanol–water partition coefficient (Wildman–Crippen LogP) is 0.687. The van der Waals surface area contributed by atoms with Crippen molar-refractivity contribution < 1.29 is 24.2 Å². The second kappa shape index (κ2) is 8.76. The van der Waals surface area contributed by atoms with Crippen LogP contribution >= 0.6 is 0 Å². The Morgan fingerprint density at radius 2 is 2.30 bits per heavy atom. The predicted molar refractivity (Wildman–Crippen MR) is 72.7 cm³/mol. The number of carbonyl (C=O) groups is 2. The van der Waals surface area contributed by atoms with Crippen LogP contribution in [0.25, 0.3) is 0 Å². The van der Waals surface area contributed by atoms with Crippen molar-refractivity contribution in [3.8, 4) is 0 Å². The number of hydrogen-bond acceptors (Lipinski definition) is 4. The molecule has 20 heavy (non-hydrogen) atoms. The zero-order valence-electron chi connectivity index (χ0n) is 12.1. The van der Waals surface area contributed by atoms with Gasteiger partial charge in [0.05, 0.1) is 18.6 Å². The molecule has 1 aliphatic rings. The molecule has 1 saturated heterocycles. The summed E-state index contributed by atoms with van der Waals surface area (Å²) in [7, 11) is 1.43. The first-order valence-corrected chi connectivity index (χ1v) is 6.95. The summed E-state index contributed by atoms with van der Waals surface area (Å²) < 4.78 is 10.5. The van der Waals surface area contributed by atoms with Gasteiger partial charge in [-0.05, 0) is 19.8 Å². The van der Waals surface area contributed by atoms with Crippen molar-refractivity contribution in [3.05, 3.63) is 0 Å². The molecule has 116 valence electrons. The van der Waals surface area contributed by atoms with Crippen LogP contribution in [-0.2, 0) is 14.3 Å². The van der Waals surface area contributed by atoms with Crippen molar-refractivity contribution in [3.63, 3.8) is 0 Å². The van der Waals surface area contributed by atoms with Crippen molar-refractivity contribution in [2.45, 2.75) is 38.4 Å². The van der Waals surface area contributed by atoms with E-state index in [1.165, 1.54) is 7.11 Å². The molecular weight excluding hydrogens is 264 g/mol. The highest BCUT2D eigenvalue weighted by Gasteiger charge is 2.22. The zero-order chi connectivity index (χ0) is 15.0. The number of amides is 2. The zero-order valence-corrected chi connectivity index (χ0v) is 12.1. The third-order valence-electron chi connectivity index (χ3n) is 3.33. The number of ether oxygens (including phenoxy) is 2. The number of rotatable bonds is 8. The molecule has 0 aliphatic carbocycles. The molecule has 7 heteroatoms. The Kier molecular flexibility index (Phi) is 7.32. The molecule has 0 spiro atoms. The Labute approximate surface area is 119 Å². The van der Waals surface area contributed by atoms with Gasteiger partial charge < -0.3 is 24.8 Å². The topological polar surface area (TPSA) is 88.1 Å². The molecule has 2 atom stereocenters. The molecule has 0 radical (unpaired) electrons. The van der Waals surface area contributed by atoms with Gasteiger partial charge in [-0.1, -0.05) is 0 Å². The quantitative estimate of drug-likeness (QED) is 0.686. The van der Waals surface area contributed by atoms with Crippen molar-refractivity contribution >= 4 is 12.0 Å². The molecule has 0 aromatic rings. The number of aliphatic carboxylic acids is 1. The first-order valence-electron chi connectivity index (χ1n) is 6.95. The molecule has 0 aromatic carbocycles. The molecule has 1 heterocycles. The molecule has 1 fully saturated rings. The second-order valence-corrected chi connectivity index (χ2v) is 4.82. The Morgan fingerprint density at radius 1 is 1.55 bits per heavy atom. The molecule has 2 N–H and O–H groups in total. The average molecular weight is 288 g/mol. The minimum atomic E-state index is -0.946. The van der Waals surface area contributed by atoms with E-state index in [0.29, 0.717) is 13.1 Å². The maximum absolute atomic E-state index is 12.0. The maximum atomic E-state index is 12.0. The fraction of sp³-hybridized carbons (Fsp3) is 0.846. The van der Waals surface area contributed by atoms with Gasteiger partial charge in [0.1, 0.15) is 0 Å². The van der Waals surface area contributed by atoms with E-state index >= 15 is 0 Å². The molecule has 2 amide bonds. The van der Waals surface area contributed by atoms with Crippen LogP contribution in [0.4, 0.5) is 4.79 Å². The summed E-state index contributed by atoms with van der Waals surface area (Å²) in [6.45, 7) is 4.00. The van der Waals surface area contributed by atoms with Crippen LogP contribution in [0.1, 0.15) is 26.2 Å². The summed E-state index contributed by atoms with van der Waals surface area (Å²) in [6.07, 6.45) is 1.47. The third-order valence-corrected chi connectivity index (χ3v) is 3.33. The molecule has 1 rings (SSSR count). The van der Waals surface area contributed by atoms with Crippen LogP contribution in [-0.4, -0.2) is 67.6 Å². The van der Waals surface area contributed by atoms with E-state index in [1.807, 2.05) is 6.92 Å². The van der Waals surface area contributed by atoms with Crippen molar-refractivity contribution in [2.75, 3.05) is 33.4 Å². The van der Waals surface area contributed by atoms with E-state index in [0.717, 1.165) is 19.4 Å². The molecule has 1 aliphatic heterocycles. The van der Waals surface area contributed by atoms with Gasteiger partial charge in [-0.25, -0.2) is 4.79 Å². The highest BCUT2D eigenvalue weighted by molar-refractivity contribution is 5.74. The smallest absolute Gasteiger partial charge is 0.317 e. The number of methoxy groups -OCH3 is 1. The van der Waals surface area contributed by atoms with E-state index in [-0.39, 0.29) is 25.1 Å². The molecule has 7 nitrogen and oxygen atoms in total. The van der Waals surface area contributed by atoms with Crippen molar-refractivity contribution in [2.24, 2.45) is 0 Å². The van der Waals surface area contributed by atoms with Gasteiger partial charge in [-0.2, -0.15) is 0 Å². The Hall–Kier alpha value is -1.34. The highest BCUT2D eigenvalue weighted by atomic mass is 16.5. The summed E-state index contributed by atoms with van der Waals surface area (Å²) >= 11 is 0. The van der Waals surface area contributed by atoms with E-state index in [2.05, 4.69) is 5.32 Å². The number of carbonyl (C=O) groups excluding carboxylic acids is 1. The minimum Gasteiger partial charge on any atom is -0.481 e. The van der Waals surface area contributed by atoms with Gasteiger partial charge in [0.2, 0.25) is 0 Å². The SMILES string of the molecule is CCN(CC1CCCO1)C(=O)NCC(CC(=O)O)OC. The first kappa shape index (κ1) is 16.7. The number of hydrogen-bond donors (Lipinski definition) is 2. The Morgan fingerprint density at radius 3 is 2.80 bits per heavy atom. The van der Waals surface area contributed by atoms with Crippen LogP contribution in [0.3, 0.4) is 0 Å². The van der Waals surface area contributed by atoms with Gasteiger partial charge in [0.15, 0.2) is 0 Å². The fourth-order valence-electron chi connectivity index (χ4n) is 2.14. The van der Waals surface area contributed by atoms with Crippen LogP contribution in [0.15, 0.2) is 0 Å². The maximum Gasteiger partial charge on any atom is 0.317 e. The normalized spacial score (nSPS) is 19.6. The van der Waals surface area contributed by atoms with E-state index in [9.17, 15) is 9.59 Å². The summed E-state index contributed by atoms with van der Waals surface area (Å²) in [5.74, 6) is -0.946. The van der Waals surface area contributed by atoms with Crippen molar-refractivity contribution in [1.82, 2.24) is 10.2 Å². The molecule has 0 saturated carbocycles.